The Hall–Kier alpha value is -2.86. The third-order valence-corrected chi connectivity index (χ3v) is 5.01. The number of ether oxygens (including phenoxy) is 1. The van der Waals surface area contributed by atoms with Crippen LogP contribution in [0.25, 0.3) is 10.9 Å². The van der Waals surface area contributed by atoms with Crippen molar-refractivity contribution < 1.29 is 9.53 Å². The van der Waals surface area contributed by atoms with E-state index < -0.39 is 0 Å². The van der Waals surface area contributed by atoms with E-state index in [-0.39, 0.29) is 5.97 Å². The first-order valence-corrected chi connectivity index (χ1v) is 8.95. The standard InChI is InChI=1S/C20H19N3O2S/c1-25-19(24)15-8-3-5-11-17(15)22-20(26)23-12-6-9-14-13-7-2-4-10-16(13)21-18(14)23/h2-5,7-8,10-11,21H,6,9,12H2,1H3,(H,22,26). The van der Waals surface area contributed by atoms with Crippen molar-refractivity contribution in [2.45, 2.75) is 12.8 Å². The molecule has 2 N–H and O–H groups in total. The number of benzene rings is 2. The number of carbonyl (C=O) groups excluding carboxylic acids is 1. The van der Waals surface area contributed by atoms with E-state index in [0.717, 1.165) is 30.7 Å². The highest BCUT2D eigenvalue weighted by atomic mass is 32.1. The molecular formula is C20H19N3O2S. The second kappa shape index (κ2) is 6.80. The van der Waals surface area contributed by atoms with Crippen LogP contribution in [-0.4, -0.2) is 29.7 Å². The third kappa shape index (κ3) is 2.82. The lowest BCUT2D eigenvalue weighted by atomic mass is 10.0. The summed E-state index contributed by atoms with van der Waals surface area (Å²) < 4.78 is 4.86. The molecule has 1 aliphatic rings. The summed E-state index contributed by atoms with van der Waals surface area (Å²) >= 11 is 5.66. The molecule has 0 saturated carbocycles. The van der Waals surface area contributed by atoms with E-state index in [9.17, 15) is 4.79 Å². The molecule has 6 heteroatoms. The number of aromatic nitrogens is 1. The summed E-state index contributed by atoms with van der Waals surface area (Å²) in [7, 11) is 1.37. The molecule has 0 atom stereocenters. The number of H-pyrrole nitrogens is 1. The number of hydrogen-bond acceptors (Lipinski definition) is 3. The quantitative estimate of drug-likeness (QED) is 0.529. The van der Waals surface area contributed by atoms with E-state index >= 15 is 0 Å². The fraction of sp³-hybridized carbons (Fsp3) is 0.200. The Balaban J connectivity index is 1.66. The van der Waals surface area contributed by atoms with Gasteiger partial charge in [-0.3, -0.25) is 0 Å². The van der Waals surface area contributed by atoms with Gasteiger partial charge in [-0.15, -0.1) is 0 Å². The van der Waals surface area contributed by atoms with Gasteiger partial charge in [0.15, 0.2) is 5.11 Å². The van der Waals surface area contributed by atoms with Gasteiger partial charge in [0, 0.05) is 23.0 Å². The summed E-state index contributed by atoms with van der Waals surface area (Å²) in [6, 6.07) is 15.5. The Morgan fingerprint density at radius 1 is 1.19 bits per heavy atom. The van der Waals surface area contributed by atoms with Crippen LogP contribution in [0.3, 0.4) is 0 Å². The zero-order valence-electron chi connectivity index (χ0n) is 14.4. The van der Waals surface area contributed by atoms with Crippen molar-refractivity contribution in [3.8, 4) is 0 Å². The van der Waals surface area contributed by atoms with Crippen molar-refractivity contribution in [2.75, 3.05) is 23.9 Å². The van der Waals surface area contributed by atoms with Crippen molar-refractivity contribution in [3.63, 3.8) is 0 Å². The predicted octanol–water partition coefficient (Wildman–Crippen LogP) is 4.10. The number of esters is 1. The molecular weight excluding hydrogens is 346 g/mol. The number of para-hydroxylation sites is 2. The number of aromatic amines is 1. The molecule has 2 heterocycles. The topological polar surface area (TPSA) is 57.4 Å². The van der Waals surface area contributed by atoms with Crippen molar-refractivity contribution in [1.82, 2.24) is 4.98 Å². The molecule has 132 valence electrons. The van der Waals surface area contributed by atoms with Crippen molar-refractivity contribution >= 4 is 45.7 Å². The van der Waals surface area contributed by atoms with E-state index in [4.69, 9.17) is 17.0 Å². The van der Waals surface area contributed by atoms with E-state index in [2.05, 4.69) is 33.4 Å². The molecule has 0 saturated heterocycles. The lowest BCUT2D eigenvalue weighted by Gasteiger charge is -2.29. The maximum atomic E-state index is 12.0. The highest BCUT2D eigenvalue weighted by Gasteiger charge is 2.25. The number of carbonyl (C=O) groups is 1. The SMILES string of the molecule is COC(=O)c1ccccc1NC(=S)N1CCCc2c1[nH]c1ccccc21. The van der Waals surface area contributed by atoms with Gasteiger partial charge < -0.3 is 19.9 Å². The average Bonchev–Trinajstić information content (AvgIpc) is 3.06. The highest BCUT2D eigenvalue weighted by Crippen LogP contribution is 2.34. The second-order valence-electron chi connectivity index (χ2n) is 6.22. The van der Waals surface area contributed by atoms with Gasteiger partial charge in [-0.2, -0.15) is 0 Å². The van der Waals surface area contributed by atoms with Crippen LogP contribution in [0.2, 0.25) is 0 Å². The van der Waals surface area contributed by atoms with Crippen LogP contribution in [0.4, 0.5) is 11.5 Å². The average molecular weight is 365 g/mol. The van der Waals surface area contributed by atoms with Crippen molar-refractivity contribution in [3.05, 3.63) is 59.7 Å². The molecule has 0 fully saturated rings. The van der Waals surface area contributed by atoms with E-state index in [1.807, 2.05) is 18.2 Å². The number of nitrogens with zero attached hydrogens (tertiary/aromatic N) is 1. The second-order valence-corrected chi connectivity index (χ2v) is 6.61. The van der Waals surface area contributed by atoms with E-state index in [0.29, 0.717) is 16.4 Å². The number of rotatable bonds is 2. The van der Waals surface area contributed by atoms with Crippen LogP contribution >= 0.6 is 12.2 Å². The minimum Gasteiger partial charge on any atom is -0.465 e. The lowest BCUT2D eigenvalue weighted by molar-refractivity contribution is 0.0602. The monoisotopic (exact) mass is 365 g/mol. The number of anilines is 2. The summed E-state index contributed by atoms with van der Waals surface area (Å²) in [4.78, 5) is 17.5. The molecule has 0 amide bonds. The molecule has 4 rings (SSSR count). The van der Waals surface area contributed by atoms with Gasteiger partial charge in [-0.1, -0.05) is 30.3 Å². The number of fused-ring (bicyclic) bond motifs is 3. The highest BCUT2D eigenvalue weighted by molar-refractivity contribution is 7.80. The number of methoxy groups -OCH3 is 1. The Morgan fingerprint density at radius 2 is 1.96 bits per heavy atom. The van der Waals surface area contributed by atoms with Crippen LogP contribution < -0.4 is 10.2 Å². The van der Waals surface area contributed by atoms with Gasteiger partial charge in [0.1, 0.15) is 5.82 Å². The van der Waals surface area contributed by atoms with E-state index in [1.54, 1.807) is 12.1 Å². The molecule has 0 radical (unpaired) electrons. The molecule has 0 unspecified atom stereocenters. The van der Waals surface area contributed by atoms with E-state index in [1.165, 1.54) is 18.1 Å². The zero-order chi connectivity index (χ0) is 18.1. The Bertz CT molecular complexity index is 996. The molecule has 1 aromatic heterocycles. The zero-order valence-corrected chi connectivity index (χ0v) is 15.2. The lowest BCUT2D eigenvalue weighted by Crippen LogP contribution is -2.38. The van der Waals surface area contributed by atoms with Gasteiger partial charge in [-0.25, -0.2) is 4.79 Å². The Labute approximate surface area is 157 Å². The molecule has 0 bridgehead atoms. The molecule has 26 heavy (non-hydrogen) atoms. The minimum absolute atomic E-state index is 0.388. The molecule has 1 aliphatic heterocycles. The summed E-state index contributed by atoms with van der Waals surface area (Å²) in [6.07, 6.45) is 2.05. The van der Waals surface area contributed by atoms with Gasteiger partial charge in [0.2, 0.25) is 0 Å². The predicted molar refractivity (Wildman–Crippen MR) is 108 cm³/mol. The first-order chi connectivity index (χ1) is 12.7. The molecule has 2 aromatic carbocycles. The van der Waals surface area contributed by atoms with Gasteiger partial charge in [-0.05, 0) is 43.3 Å². The van der Waals surface area contributed by atoms with Crippen molar-refractivity contribution in [1.29, 1.82) is 0 Å². The maximum Gasteiger partial charge on any atom is 0.339 e. The summed E-state index contributed by atoms with van der Waals surface area (Å²) in [5.74, 6) is 0.645. The van der Waals surface area contributed by atoms with Gasteiger partial charge >= 0.3 is 5.97 Å². The largest absolute Gasteiger partial charge is 0.465 e. The smallest absolute Gasteiger partial charge is 0.339 e. The Kier molecular flexibility index (Phi) is 4.34. The first kappa shape index (κ1) is 16.6. The van der Waals surface area contributed by atoms with Crippen LogP contribution in [0, 0.1) is 0 Å². The summed E-state index contributed by atoms with van der Waals surface area (Å²) in [5, 5.41) is 5.02. The number of nitrogens with one attached hydrogen (secondary N) is 2. The van der Waals surface area contributed by atoms with Crippen LogP contribution in [0.1, 0.15) is 22.3 Å². The summed E-state index contributed by atoms with van der Waals surface area (Å²) in [6.45, 7) is 0.825. The van der Waals surface area contributed by atoms with Crippen molar-refractivity contribution in [2.24, 2.45) is 0 Å². The number of hydrogen-bond donors (Lipinski definition) is 2. The normalized spacial score (nSPS) is 13.3. The fourth-order valence-corrected chi connectivity index (χ4v) is 3.75. The molecule has 3 aromatic rings. The number of thiocarbonyl (C=S) groups is 1. The summed E-state index contributed by atoms with van der Waals surface area (Å²) in [5.41, 5.74) is 3.51. The minimum atomic E-state index is -0.388. The molecule has 5 nitrogen and oxygen atoms in total. The fourth-order valence-electron chi connectivity index (χ4n) is 3.46. The first-order valence-electron chi connectivity index (χ1n) is 8.54. The van der Waals surface area contributed by atoms with Crippen LogP contribution in [0.15, 0.2) is 48.5 Å². The maximum absolute atomic E-state index is 12.0. The molecule has 0 aliphatic carbocycles. The third-order valence-electron chi connectivity index (χ3n) is 4.69. The Morgan fingerprint density at radius 3 is 2.81 bits per heavy atom. The van der Waals surface area contributed by atoms with Crippen LogP contribution in [0.5, 0.6) is 0 Å². The van der Waals surface area contributed by atoms with Crippen LogP contribution in [-0.2, 0) is 11.2 Å². The van der Waals surface area contributed by atoms with Gasteiger partial charge in [0.25, 0.3) is 0 Å². The van der Waals surface area contributed by atoms with Gasteiger partial charge in [0.05, 0.1) is 18.4 Å². The molecule has 0 spiro atoms. The number of aryl methyl sites for hydroxylation is 1.